The van der Waals surface area contributed by atoms with Crippen molar-refractivity contribution in [3.05, 3.63) is 52.8 Å². The smallest absolute Gasteiger partial charge is 0.187 e. The number of halogens is 2. The summed E-state index contributed by atoms with van der Waals surface area (Å²) in [6.07, 6.45) is 0. The molecule has 7 heteroatoms. The Balaban J connectivity index is 2.17. The fourth-order valence-corrected chi connectivity index (χ4v) is 2.19. The SMILES string of the molecule is Cc1c(Cl)cccc1-n1nnnc1-c1ccc(N)c(F)c1. The van der Waals surface area contributed by atoms with Crippen LogP contribution in [-0.2, 0) is 0 Å². The van der Waals surface area contributed by atoms with Gasteiger partial charge in [0.25, 0.3) is 0 Å². The van der Waals surface area contributed by atoms with Gasteiger partial charge in [0.05, 0.1) is 11.4 Å². The van der Waals surface area contributed by atoms with Crippen LogP contribution in [-0.4, -0.2) is 20.2 Å². The lowest BCUT2D eigenvalue weighted by atomic mass is 10.1. The molecule has 2 N–H and O–H groups in total. The number of benzene rings is 2. The average Bonchev–Trinajstić information content (AvgIpc) is 2.94. The van der Waals surface area contributed by atoms with Crippen molar-refractivity contribution < 1.29 is 4.39 Å². The standard InChI is InChI=1S/C14H11ClFN5/c1-8-10(15)3-2-4-13(8)21-14(18-19-20-21)9-5-6-12(17)11(16)7-9/h2-7H,17H2,1H3. The highest BCUT2D eigenvalue weighted by atomic mass is 35.5. The maximum Gasteiger partial charge on any atom is 0.187 e. The molecule has 0 saturated carbocycles. The van der Waals surface area contributed by atoms with Crippen LogP contribution in [0.2, 0.25) is 5.02 Å². The Morgan fingerprint density at radius 2 is 2.05 bits per heavy atom. The number of nitrogens with two attached hydrogens (primary N) is 1. The second kappa shape index (κ2) is 5.14. The van der Waals surface area contributed by atoms with Crippen LogP contribution in [0.5, 0.6) is 0 Å². The molecule has 1 heterocycles. The third-order valence-corrected chi connectivity index (χ3v) is 3.60. The van der Waals surface area contributed by atoms with Gasteiger partial charge in [0.15, 0.2) is 5.82 Å². The zero-order chi connectivity index (χ0) is 15.0. The maximum atomic E-state index is 13.6. The quantitative estimate of drug-likeness (QED) is 0.739. The van der Waals surface area contributed by atoms with Gasteiger partial charge in [0, 0.05) is 10.6 Å². The van der Waals surface area contributed by atoms with Gasteiger partial charge >= 0.3 is 0 Å². The molecular weight excluding hydrogens is 293 g/mol. The van der Waals surface area contributed by atoms with E-state index in [1.165, 1.54) is 16.8 Å². The minimum atomic E-state index is -0.509. The molecule has 5 nitrogen and oxygen atoms in total. The summed E-state index contributed by atoms with van der Waals surface area (Å²) < 4.78 is 15.1. The number of hydrogen-bond acceptors (Lipinski definition) is 4. The number of anilines is 1. The fourth-order valence-electron chi connectivity index (χ4n) is 2.02. The van der Waals surface area contributed by atoms with Crippen LogP contribution in [0.15, 0.2) is 36.4 Å². The van der Waals surface area contributed by atoms with E-state index in [1.807, 2.05) is 13.0 Å². The molecule has 0 fully saturated rings. The monoisotopic (exact) mass is 303 g/mol. The molecule has 0 bridgehead atoms. The Morgan fingerprint density at radius 3 is 2.81 bits per heavy atom. The van der Waals surface area contributed by atoms with E-state index in [1.54, 1.807) is 18.2 Å². The van der Waals surface area contributed by atoms with Gasteiger partial charge in [-0.3, -0.25) is 0 Å². The van der Waals surface area contributed by atoms with Gasteiger partial charge in [0.1, 0.15) is 5.82 Å². The summed E-state index contributed by atoms with van der Waals surface area (Å²) in [6, 6.07) is 9.88. The van der Waals surface area contributed by atoms with Gasteiger partial charge < -0.3 is 5.73 Å². The fraction of sp³-hybridized carbons (Fsp3) is 0.0714. The van der Waals surface area contributed by atoms with Crippen LogP contribution < -0.4 is 5.73 Å². The van der Waals surface area contributed by atoms with Crippen LogP contribution in [0.1, 0.15) is 5.56 Å². The second-order valence-electron chi connectivity index (χ2n) is 4.53. The maximum absolute atomic E-state index is 13.6. The van der Waals surface area contributed by atoms with Gasteiger partial charge in [-0.25, -0.2) is 4.39 Å². The lowest BCUT2D eigenvalue weighted by Gasteiger charge is -2.09. The van der Waals surface area contributed by atoms with E-state index in [0.29, 0.717) is 16.4 Å². The first kappa shape index (κ1) is 13.5. The number of hydrogen-bond donors (Lipinski definition) is 1. The Labute approximate surface area is 125 Å². The van der Waals surface area contributed by atoms with Gasteiger partial charge in [-0.1, -0.05) is 17.7 Å². The van der Waals surface area contributed by atoms with Crippen LogP contribution in [0.3, 0.4) is 0 Å². The predicted octanol–water partition coefficient (Wildman–Crippen LogP) is 3.01. The van der Waals surface area contributed by atoms with Crippen molar-refractivity contribution in [2.45, 2.75) is 6.92 Å². The Kier molecular flexibility index (Phi) is 3.31. The van der Waals surface area contributed by atoms with E-state index < -0.39 is 5.82 Å². The van der Waals surface area contributed by atoms with Crippen LogP contribution in [0, 0.1) is 12.7 Å². The predicted molar refractivity (Wildman–Crippen MR) is 78.7 cm³/mol. The Hall–Kier alpha value is -2.47. The first-order valence-electron chi connectivity index (χ1n) is 6.17. The summed E-state index contributed by atoms with van der Waals surface area (Å²) >= 11 is 6.12. The summed E-state index contributed by atoms with van der Waals surface area (Å²) in [5.74, 6) is -0.0934. The van der Waals surface area contributed by atoms with Crippen LogP contribution in [0.25, 0.3) is 17.1 Å². The van der Waals surface area contributed by atoms with Crippen molar-refractivity contribution in [1.29, 1.82) is 0 Å². The third-order valence-electron chi connectivity index (χ3n) is 3.20. The van der Waals surface area contributed by atoms with Crippen molar-refractivity contribution in [1.82, 2.24) is 20.2 Å². The van der Waals surface area contributed by atoms with Crippen LogP contribution >= 0.6 is 11.6 Å². The number of rotatable bonds is 2. The van der Waals surface area contributed by atoms with E-state index in [-0.39, 0.29) is 5.69 Å². The van der Waals surface area contributed by atoms with Gasteiger partial charge in [0.2, 0.25) is 0 Å². The summed E-state index contributed by atoms with van der Waals surface area (Å²) in [4.78, 5) is 0. The second-order valence-corrected chi connectivity index (χ2v) is 4.94. The van der Waals surface area contributed by atoms with Gasteiger partial charge in [-0.05, 0) is 53.2 Å². The lowest BCUT2D eigenvalue weighted by molar-refractivity contribution is 0.632. The molecule has 0 unspecified atom stereocenters. The number of aromatic nitrogens is 4. The molecule has 3 rings (SSSR count). The average molecular weight is 304 g/mol. The number of nitrogens with zero attached hydrogens (tertiary/aromatic N) is 4. The van der Waals surface area contributed by atoms with E-state index >= 15 is 0 Å². The molecule has 0 amide bonds. The molecule has 1 aromatic heterocycles. The van der Waals surface area contributed by atoms with E-state index in [9.17, 15) is 4.39 Å². The van der Waals surface area contributed by atoms with E-state index in [4.69, 9.17) is 17.3 Å². The third kappa shape index (κ3) is 2.34. The molecule has 0 aliphatic rings. The van der Waals surface area contributed by atoms with Crippen molar-refractivity contribution >= 4 is 17.3 Å². The summed E-state index contributed by atoms with van der Waals surface area (Å²) in [6.45, 7) is 1.87. The molecule has 0 aliphatic carbocycles. The lowest BCUT2D eigenvalue weighted by Crippen LogP contribution is -2.03. The highest BCUT2D eigenvalue weighted by Crippen LogP contribution is 2.26. The van der Waals surface area contributed by atoms with Crippen LogP contribution in [0.4, 0.5) is 10.1 Å². The molecular formula is C14H11ClFN5. The summed E-state index contributed by atoms with van der Waals surface area (Å²) in [5.41, 5.74) is 7.67. The molecule has 0 radical (unpaired) electrons. The largest absolute Gasteiger partial charge is 0.396 e. The minimum absolute atomic E-state index is 0.0803. The summed E-state index contributed by atoms with van der Waals surface area (Å²) in [7, 11) is 0. The number of tetrazole rings is 1. The molecule has 0 atom stereocenters. The zero-order valence-electron chi connectivity index (χ0n) is 11.1. The molecule has 21 heavy (non-hydrogen) atoms. The molecule has 0 spiro atoms. The van der Waals surface area contributed by atoms with E-state index in [2.05, 4.69) is 15.5 Å². The van der Waals surface area contributed by atoms with Crippen molar-refractivity contribution in [3.63, 3.8) is 0 Å². The number of nitrogen functional groups attached to an aromatic ring is 1. The normalized spacial score (nSPS) is 10.8. The highest BCUT2D eigenvalue weighted by Gasteiger charge is 2.14. The molecule has 106 valence electrons. The molecule has 0 aliphatic heterocycles. The zero-order valence-corrected chi connectivity index (χ0v) is 11.8. The van der Waals surface area contributed by atoms with Crippen molar-refractivity contribution in [3.8, 4) is 17.1 Å². The first-order valence-corrected chi connectivity index (χ1v) is 6.55. The van der Waals surface area contributed by atoms with E-state index in [0.717, 1.165) is 11.3 Å². The highest BCUT2D eigenvalue weighted by molar-refractivity contribution is 6.31. The topological polar surface area (TPSA) is 69.6 Å². The summed E-state index contributed by atoms with van der Waals surface area (Å²) in [5, 5.41) is 12.2. The van der Waals surface area contributed by atoms with Crippen molar-refractivity contribution in [2.24, 2.45) is 0 Å². The van der Waals surface area contributed by atoms with Crippen molar-refractivity contribution in [2.75, 3.05) is 5.73 Å². The Bertz CT molecular complexity index is 815. The first-order chi connectivity index (χ1) is 10.1. The van der Waals surface area contributed by atoms with Gasteiger partial charge in [-0.15, -0.1) is 5.10 Å². The minimum Gasteiger partial charge on any atom is -0.396 e. The van der Waals surface area contributed by atoms with Gasteiger partial charge in [-0.2, -0.15) is 4.68 Å². The molecule has 0 saturated heterocycles. The Morgan fingerprint density at radius 1 is 1.24 bits per heavy atom. The molecule has 2 aromatic carbocycles. The molecule has 3 aromatic rings.